The quantitative estimate of drug-likeness (QED) is 0.622. The van der Waals surface area contributed by atoms with Crippen molar-refractivity contribution in [2.45, 2.75) is 6.54 Å². The van der Waals surface area contributed by atoms with Gasteiger partial charge in [0.15, 0.2) is 6.26 Å². The fourth-order valence-electron chi connectivity index (χ4n) is 2.13. The van der Waals surface area contributed by atoms with Gasteiger partial charge in [-0.2, -0.15) is 0 Å². The number of hydrogen-bond donors (Lipinski definition) is 0. The molecule has 0 aliphatic carbocycles. The van der Waals surface area contributed by atoms with E-state index in [1.165, 1.54) is 5.56 Å². The Morgan fingerprint density at radius 3 is 2.48 bits per heavy atom. The maximum atomic E-state index is 5.37. The molecule has 3 heteroatoms. The van der Waals surface area contributed by atoms with Crippen molar-refractivity contribution in [2.75, 3.05) is 6.61 Å². The monoisotopic (exact) mass is 277 g/mol. The molecule has 2 aromatic carbocycles. The Labute approximate surface area is 124 Å². The Morgan fingerprint density at radius 1 is 1.00 bits per heavy atom. The first-order chi connectivity index (χ1) is 10.4. The number of hydrogen-bond acceptors (Lipinski definition) is 2. The Balaban J connectivity index is 1.76. The van der Waals surface area contributed by atoms with Crippen LogP contribution in [0.25, 0.3) is 0 Å². The van der Waals surface area contributed by atoms with Gasteiger partial charge in [0.25, 0.3) is 0 Å². The molecule has 2 aromatic rings. The highest BCUT2D eigenvalue weighted by Gasteiger charge is 2.16. The van der Waals surface area contributed by atoms with Crippen LogP contribution in [0.3, 0.4) is 0 Å². The van der Waals surface area contributed by atoms with Gasteiger partial charge in [-0.05, 0) is 10.6 Å². The van der Waals surface area contributed by atoms with Crippen LogP contribution in [0, 0.1) is 0 Å². The van der Waals surface area contributed by atoms with E-state index in [1.54, 1.807) is 6.26 Å². The van der Waals surface area contributed by atoms with Crippen LogP contribution in [-0.4, -0.2) is 23.6 Å². The fraction of sp³-hybridized carbons (Fsp3) is 0.111. The standard InChI is InChI=1S/C18H17N2O/c1-3-7-16(8-4-1)13-19-18-15-21-12-11-20(18)14-17-9-5-2-6-10-17/h1-11,13,15H,12,14H2/q+1/b19-13+. The Hall–Kier alpha value is -2.68. The molecule has 0 amide bonds. The van der Waals surface area contributed by atoms with Crippen LogP contribution in [-0.2, 0) is 11.3 Å². The average molecular weight is 277 g/mol. The number of rotatable bonds is 4. The molecule has 0 atom stereocenters. The fourth-order valence-corrected chi connectivity index (χ4v) is 2.13. The summed E-state index contributed by atoms with van der Waals surface area (Å²) in [7, 11) is 0. The molecular formula is C18H17N2O+. The highest BCUT2D eigenvalue weighted by atomic mass is 16.5. The van der Waals surface area contributed by atoms with Gasteiger partial charge in [0.05, 0.1) is 0 Å². The lowest BCUT2D eigenvalue weighted by atomic mass is 10.2. The number of aliphatic imine (C=N–C) groups is 1. The molecule has 0 unspecified atom stereocenters. The maximum Gasteiger partial charge on any atom is 0.357 e. The van der Waals surface area contributed by atoms with E-state index in [9.17, 15) is 0 Å². The molecule has 1 aliphatic heterocycles. The summed E-state index contributed by atoms with van der Waals surface area (Å²) >= 11 is 0. The molecule has 0 aromatic heterocycles. The van der Waals surface area contributed by atoms with Crippen molar-refractivity contribution in [3.8, 4) is 0 Å². The second-order valence-electron chi connectivity index (χ2n) is 4.77. The molecular weight excluding hydrogens is 260 g/mol. The molecule has 21 heavy (non-hydrogen) atoms. The molecule has 0 saturated heterocycles. The second-order valence-corrected chi connectivity index (χ2v) is 4.77. The first-order valence-corrected chi connectivity index (χ1v) is 6.96. The van der Waals surface area contributed by atoms with Crippen molar-refractivity contribution in [1.29, 1.82) is 0 Å². The van der Waals surface area contributed by atoms with Gasteiger partial charge in [0, 0.05) is 5.56 Å². The topological polar surface area (TPSA) is 24.6 Å². The highest BCUT2D eigenvalue weighted by Crippen LogP contribution is 2.10. The third kappa shape index (κ3) is 3.66. The van der Waals surface area contributed by atoms with Crippen LogP contribution in [0.1, 0.15) is 11.1 Å². The third-order valence-corrected chi connectivity index (χ3v) is 3.22. The van der Waals surface area contributed by atoms with Gasteiger partial charge >= 0.3 is 5.82 Å². The van der Waals surface area contributed by atoms with Gasteiger partial charge in [0.2, 0.25) is 0 Å². The summed E-state index contributed by atoms with van der Waals surface area (Å²) in [5, 5.41) is 0. The Kier molecular flexibility index (Phi) is 4.22. The zero-order valence-electron chi connectivity index (χ0n) is 11.7. The van der Waals surface area contributed by atoms with Crippen LogP contribution >= 0.6 is 0 Å². The van der Waals surface area contributed by atoms with Crippen LogP contribution in [0.2, 0.25) is 0 Å². The molecule has 104 valence electrons. The summed E-state index contributed by atoms with van der Waals surface area (Å²) in [4.78, 5) is 4.54. The summed E-state index contributed by atoms with van der Waals surface area (Å²) in [5.74, 6) is 0.814. The van der Waals surface area contributed by atoms with Gasteiger partial charge in [-0.15, -0.1) is 0 Å². The Morgan fingerprint density at radius 2 is 1.71 bits per heavy atom. The lowest BCUT2D eigenvalue weighted by molar-refractivity contribution is -0.496. The molecule has 0 saturated carbocycles. The van der Waals surface area contributed by atoms with Crippen molar-refractivity contribution in [1.82, 2.24) is 0 Å². The van der Waals surface area contributed by atoms with Gasteiger partial charge in [0.1, 0.15) is 25.6 Å². The van der Waals surface area contributed by atoms with Gasteiger partial charge in [-0.3, -0.25) is 0 Å². The zero-order chi connectivity index (χ0) is 14.3. The minimum absolute atomic E-state index is 0.581. The van der Waals surface area contributed by atoms with Gasteiger partial charge in [-0.25, -0.2) is 4.58 Å². The molecule has 1 aliphatic rings. The van der Waals surface area contributed by atoms with E-state index < -0.39 is 0 Å². The van der Waals surface area contributed by atoms with E-state index in [1.807, 2.05) is 61.0 Å². The van der Waals surface area contributed by atoms with E-state index in [-0.39, 0.29) is 0 Å². The molecule has 3 rings (SSSR count). The maximum absolute atomic E-state index is 5.37. The van der Waals surface area contributed by atoms with Crippen LogP contribution in [0.15, 0.2) is 77.7 Å². The molecule has 0 bridgehead atoms. The second kappa shape index (κ2) is 6.66. The molecule has 0 fully saturated rings. The summed E-state index contributed by atoms with van der Waals surface area (Å²) < 4.78 is 7.47. The van der Waals surface area contributed by atoms with Crippen molar-refractivity contribution in [2.24, 2.45) is 4.99 Å². The van der Waals surface area contributed by atoms with Crippen molar-refractivity contribution in [3.63, 3.8) is 0 Å². The Bertz CT molecular complexity index is 673. The van der Waals surface area contributed by atoms with Crippen molar-refractivity contribution < 1.29 is 9.31 Å². The molecule has 0 N–H and O–H groups in total. The number of ether oxygens (including phenoxy) is 1. The average Bonchev–Trinajstić information content (AvgIpc) is 2.56. The van der Waals surface area contributed by atoms with E-state index in [4.69, 9.17) is 4.74 Å². The summed E-state index contributed by atoms with van der Waals surface area (Å²) in [5.41, 5.74) is 2.32. The predicted octanol–water partition coefficient (Wildman–Crippen LogP) is 3.22. The van der Waals surface area contributed by atoms with Gasteiger partial charge < -0.3 is 4.74 Å². The van der Waals surface area contributed by atoms with E-state index in [0.29, 0.717) is 6.61 Å². The van der Waals surface area contributed by atoms with E-state index in [0.717, 1.165) is 17.9 Å². The van der Waals surface area contributed by atoms with Crippen molar-refractivity contribution in [3.05, 3.63) is 83.9 Å². The van der Waals surface area contributed by atoms with Crippen LogP contribution in [0.4, 0.5) is 0 Å². The van der Waals surface area contributed by atoms with E-state index >= 15 is 0 Å². The molecule has 0 radical (unpaired) electrons. The third-order valence-electron chi connectivity index (χ3n) is 3.22. The van der Waals surface area contributed by atoms with E-state index in [2.05, 4.69) is 21.7 Å². The number of benzene rings is 2. The SMILES string of the molecule is C1=C(/N=C/c2ccccc2)[N+](Cc2ccccc2)=CCO1. The molecule has 1 heterocycles. The van der Waals surface area contributed by atoms with Crippen LogP contribution < -0.4 is 0 Å². The molecule has 0 spiro atoms. The summed E-state index contributed by atoms with van der Waals surface area (Å²) in [6, 6.07) is 20.4. The minimum atomic E-state index is 0.581. The lowest BCUT2D eigenvalue weighted by Gasteiger charge is -2.09. The van der Waals surface area contributed by atoms with Crippen LogP contribution in [0.5, 0.6) is 0 Å². The molecule has 3 nitrogen and oxygen atoms in total. The van der Waals surface area contributed by atoms with Crippen molar-refractivity contribution >= 4 is 12.4 Å². The first kappa shape index (κ1) is 13.3. The zero-order valence-corrected chi connectivity index (χ0v) is 11.7. The predicted molar refractivity (Wildman–Crippen MR) is 84.5 cm³/mol. The highest BCUT2D eigenvalue weighted by molar-refractivity contribution is 5.80. The number of nitrogens with zero attached hydrogens (tertiary/aromatic N) is 2. The summed E-state index contributed by atoms with van der Waals surface area (Å²) in [6.07, 6.45) is 5.58. The minimum Gasteiger partial charge on any atom is -0.485 e. The lowest BCUT2D eigenvalue weighted by Crippen LogP contribution is -2.18. The first-order valence-electron chi connectivity index (χ1n) is 6.96. The normalized spacial score (nSPS) is 14.5. The summed E-state index contributed by atoms with van der Waals surface area (Å²) in [6.45, 7) is 1.37. The smallest absolute Gasteiger partial charge is 0.357 e. The van der Waals surface area contributed by atoms with Gasteiger partial charge in [-0.1, -0.05) is 60.7 Å². The largest absolute Gasteiger partial charge is 0.485 e.